The normalized spacial score (nSPS) is 11.9. The number of nitrogens with zero attached hydrogens (tertiary/aromatic N) is 2. The van der Waals surface area contributed by atoms with Gasteiger partial charge >= 0.3 is 0 Å². The lowest BCUT2D eigenvalue weighted by molar-refractivity contribution is 0.571. The molecule has 2 rings (SSSR count). The minimum absolute atomic E-state index is 0.349. The molecule has 1 N–H and O–H groups in total. The van der Waals surface area contributed by atoms with Crippen LogP contribution in [-0.4, -0.2) is 24.5 Å². The molecule has 0 spiro atoms. The second-order valence-corrected chi connectivity index (χ2v) is 6.87. The van der Waals surface area contributed by atoms with Gasteiger partial charge in [-0.05, 0) is 25.3 Å². The zero-order chi connectivity index (χ0) is 13.2. The van der Waals surface area contributed by atoms with E-state index in [2.05, 4.69) is 9.71 Å². The Bertz CT molecular complexity index is 595. The van der Waals surface area contributed by atoms with E-state index in [-0.39, 0.29) is 0 Å². The van der Waals surface area contributed by atoms with Crippen LogP contribution in [0.2, 0.25) is 0 Å². The van der Waals surface area contributed by atoms with Crippen molar-refractivity contribution in [2.75, 3.05) is 6.54 Å². The predicted octanol–water partition coefficient (Wildman–Crippen LogP) is 1.54. The molecule has 0 bridgehead atoms. The van der Waals surface area contributed by atoms with Crippen LogP contribution >= 0.6 is 11.3 Å². The first-order chi connectivity index (χ1) is 8.50. The van der Waals surface area contributed by atoms with Gasteiger partial charge in [0.15, 0.2) is 0 Å². The number of nitrogens with one attached hydrogen (secondary N) is 1. The van der Waals surface area contributed by atoms with Gasteiger partial charge in [-0.3, -0.25) is 0 Å². The van der Waals surface area contributed by atoms with E-state index in [1.807, 2.05) is 18.4 Å². The van der Waals surface area contributed by atoms with Gasteiger partial charge in [0.25, 0.3) is 0 Å². The van der Waals surface area contributed by atoms with Crippen molar-refractivity contribution in [1.29, 1.82) is 0 Å². The maximum Gasteiger partial charge on any atom is 0.250 e. The summed E-state index contributed by atoms with van der Waals surface area (Å²) in [4.78, 5) is 4.17. The predicted molar refractivity (Wildman–Crippen MR) is 71.2 cm³/mol. The quantitative estimate of drug-likeness (QED) is 0.906. The average Bonchev–Trinajstić information content (AvgIpc) is 2.93. The third-order valence-electron chi connectivity index (χ3n) is 2.64. The minimum Gasteiger partial charge on any atom is -0.331 e. The molecule has 0 aliphatic rings. The molecule has 98 valence electrons. The number of hydrogen-bond acceptors (Lipinski definition) is 4. The summed E-state index contributed by atoms with van der Waals surface area (Å²) in [5.74, 6) is 0.892. The van der Waals surface area contributed by atoms with Crippen LogP contribution in [0.1, 0.15) is 11.5 Å². The lowest BCUT2D eigenvalue weighted by Crippen LogP contribution is -2.27. The Balaban J connectivity index is 1.98. The van der Waals surface area contributed by atoms with Crippen molar-refractivity contribution >= 4 is 21.4 Å². The summed E-state index contributed by atoms with van der Waals surface area (Å²) in [6.45, 7) is 4.80. The van der Waals surface area contributed by atoms with Gasteiger partial charge in [0.2, 0.25) is 10.0 Å². The monoisotopic (exact) mass is 285 g/mol. The van der Waals surface area contributed by atoms with Crippen LogP contribution in [0.3, 0.4) is 0 Å². The van der Waals surface area contributed by atoms with Crippen LogP contribution in [0.15, 0.2) is 27.9 Å². The Morgan fingerprint density at radius 3 is 2.78 bits per heavy atom. The van der Waals surface area contributed by atoms with Crippen LogP contribution in [0.4, 0.5) is 0 Å². The molecule has 0 aromatic carbocycles. The highest BCUT2D eigenvalue weighted by molar-refractivity contribution is 7.91. The summed E-state index contributed by atoms with van der Waals surface area (Å²) in [7, 11) is -3.36. The molecule has 0 radical (unpaired) electrons. The number of imidazole rings is 1. The number of aryl methyl sites for hydroxylation is 2. The summed E-state index contributed by atoms with van der Waals surface area (Å²) in [5.41, 5.74) is 1.03. The molecule has 0 saturated heterocycles. The van der Waals surface area contributed by atoms with Crippen molar-refractivity contribution in [3.63, 3.8) is 0 Å². The van der Waals surface area contributed by atoms with Crippen molar-refractivity contribution in [3.05, 3.63) is 35.2 Å². The largest absolute Gasteiger partial charge is 0.331 e. The first kappa shape index (κ1) is 13.3. The van der Waals surface area contributed by atoms with E-state index in [0.29, 0.717) is 17.3 Å². The fraction of sp³-hybridized carbons (Fsp3) is 0.364. The van der Waals surface area contributed by atoms with E-state index < -0.39 is 10.0 Å². The maximum absolute atomic E-state index is 11.9. The first-order valence-corrected chi connectivity index (χ1v) is 7.89. The SMILES string of the molecule is Cc1cnc(C)n1CCNS(=O)(=O)c1cccs1. The van der Waals surface area contributed by atoms with Gasteiger partial charge in [-0.15, -0.1) is 11.3 Å². The molecule has 0 saturated carbocycles. The third-order valence-corrected chi connectivity index (χ3v) is 5.50. The smallest absolute Gasteiger partial charge is 0.250 e. The van der Waals surface area contributed by atoms with Gasteiger partial charge < -0.3 is 4.57 Å². The molecule has 0 atom stereocenters. The second kappa shape index (κ2) is 5.21. The molecular weight excluding hydrogens is 270 g/mol. The van der Waals surface area contributed by atoms with Gasteiger partial charge in [-0.1, -0.05) is 6.07 Å². The molecular formula is C11H15N3O2S2. The van der Waals surface area contributed by atoms with E-state index in [9.17, 15) is 8.42 Å². The molecule has 0 amide bonds. The first-order valence-electron chi connectivity index (χ1n) is 5.52. The van der Waals surface area contributed by atoms with E-state index in [0.717, 1.165) is 11.5 Å². The number of sulfonamides is 1. The molecule has 2 aromatic rings. The Labute approximate surface area is 111 Å². The third kappa shape index (κ3) is 2.80. The molecule has 0 aliphatic heterocycles. The van der Waals surface area contributed by atoms with Gasteiger partial charge in [0.1, 0.15) is 10.0 Å². The van der Waals surface area contributed by atoms with Crippen molar-refractivity contribution in [2.24, 2.45) is 0 Å². The standard InChI is InChI=1S/C11H15N3O2S2/c1-9-8-12-10(2)14(9)6-5-13-18(15,16)11-4-3-7-17-11/h3-4,7-8,13H,5-6H2,1-2H3. The van der Waals surface area contributed by atoms with Gasteiger partial charge in [0, 0.05) is 25.0 Å². The molecule has 0 aliphatic carbocycles. The summed E-state index contributed by atoms with van der Waals surface area (Å²) in [6.07, 6.45) is 1.78. The lowest BCUT2D eigenvalue weighted by atomic mass is 10.5. The molecule has 0 unspecified atom stereocenters. The molecule has 5 nitrogen and oxygen atoms in total. The highest BCUT2D eigenvalue weighted by Gasteiger charge is 2.14. The fourth-order valence-corrected chi connectivity index (χ4v) is 3.76. The van der Waals surface area contributed by atoms with Crippen LogP contribution < -0.4 is 4.72 Å². The highest BCUT2D eigenvalue weighted by atomic mass is 32.2. The van der Waals surface area contributed by atoms with Crippen molar-refractivity contribution < 1.29 is 8.42 Å². The van der Waals surface area contributed by atoms with Crippen molar-refractivity contribution in [3.8, 4) is 0 Å². The Morgan fingerprint density at radius 1 is 1.44 bits per heavy atom. The topological polar surface area (TPSA) is 64.0 Å². The number of aromatic nitrogens is 2. The van der Waals surface area contributed by atoms with Crippen molar-refractivity contribution in [1.82, 2.24) is 14.3 Å². The molecule has 7 heteroatoms. The minimum atomic E-state index is -3.36. The van der Waals surface area contributed by atoms with Gasteiger partial charge in [-0.2, -0.15) is 0 Å². The Hall–Kier alpha value is -1.18. The highest BCUT2D eigenvalue weighted by Crippen LogP contribution is 2.15. The molecule has 2 heterocycles. The molecule has 0 fully saturated rings. The molecule has 18 heavy (non-hydrogen) atoms. The molecule has 2 aromatic heterocycles. The maximum atomic E-state index is 11.9. The number of hydrogen-bond donors (Lipinski definition) is 1. The van der Waals surface area contributed by atoms with E-state index >= 15 is 0 Å². The number of rotatable bonds is 5. The zero-order valence-corrected chi connectivity index (χ0v) is 11.9. The van der Waals surface area contributed by atoms with Crippen LogP contribution in [0, 0.1) is 13.8 Å². The van der Waals surface area contributed by atoms with Crippen molar-refractivity contribution in [2.45, 2.75) is 24.6 Å². The van der Waals surface area contributed by atoms with Gasteiger partial charge in [-0.25, -0.2) is 18.1 Å². The number of thiophene rings is 1. The van der Waals surface area contributed by atoms with Crippen LogP contribution in [0.5, 0.6) is 0 Å². The summed E-state index contributed by atoms with van der Waals surface area (Å²) in [5, 5.41) is 1.75. The second-order valence-electron chi connectivity index (χ2n) is 3.93. The summed E-state index contributed by atoms with van der Waals surface area (Å²) >= 11 is 1.21. The summed E-state index contributed by atoms with van der Waals surface area (Å²) < 4.78 is 28.7. The summed E-state index contributed by atoms with van der Waals surface area (Å²) in [6, 6.07) is 3.32. The Kier molecular flexibility index (Phi) is 3.84. The average molecular weight is 285 g/mol. The zero-order valence-electron chi connectivity index (χ0n) is 10.3. The van der Waals surface area contributed by atoms with E-state index in [1.165, 1.54) is 11.3 Å². The van der Waals surface area contributed by atoms with Gasteiger partial charge in [0.05, 0.1) is 0 Å². The van der Waals surface area contributed by atoms with Crippen LogP contribution in [0.25, 0.3) is 0 Å². The fourth-order valence-electron chi connectivity index (χ4n) is 1.70. The lowest BCUT2D eigenvalue weighted by Gasteiger charge is -2.08. The van der Waals surface area contributed by atoms with E-state index in [4.69, 9.17) is 0 Å². The Morgan fingerprint density at radius 2 is 2.22 bits per heavy atom. The van der Waals surface area contributed by atoms with Crippen LogP contribution in [-0.2, 0) is 16.6 Å². The van der Waals surface area contributed by atoms with E-state index in [1.54, 1.807) is 23.7 Å².